The first-order valence-corrected chi connectivity index (χ1v) is 10.3. The van der Waals surface area contributed by atoms with Gasteiger partial charge < -0.3 is 25.4 Å². The molecule has 0 aliphatic rings. The number of nitrogens with one attached hydrogen (secondary N) is 2. The highest BCUT2D eigenvalue weighted by molar-refractivity contribution is 5.94. The molecule has 2 rings (SSSR count). The standard InChI is InChI=1S/C23H30F2N4O3.2ClH/c1-4-31-21(23(30)28-14-15-6-8-16(9-7-15)22(26)27)19-17(24)10-11-18(20(19)25)32-13-5-12-29(2)3;;/h6-11,21H,4-5,12-14H2,1-3H3,(H3,26,27)(H,28,30);2*1H/t21-;;/m0../s1. The van der Waals surface area contributed by atoms with Gasteiger partial charge in [-0.2, -0.15) is 0 Å². The molecule has 0 aliphatic carbocycles. The molecular formula is C23H32Cl2F2N4O3. The SMILES string of the molecule is CCO[C@H](C(=O)NCc1ccc(C(=N)N)cc1)c1c(F)ccc(OCCCN(C)C)c1F.Cl.Cl. The highest BCUT2D eigenvalue weighted by Crippen LogP contribution is 2.30. The van der Waals surface area contributed by atoms with E-state index >= 15 is 4.39 Å². The molecule has 1 amide bonds. The van der Waals surface area contributed by atoms with Crippen LogP contribution in [0.3, 0.4) is 0 Å². The van der Waals surface area contributed by atoms with Crippen molar-refractivity contribution in [1.29, 1.82) is 5.41 Å². The summed E-state index contributed by atoms with van der Waals surface area (Å²) >= 11 is 0. The predicted octanol–water partition coefficient (Wildman–Crippen LogP) is 3.82. The molecule has 0 aliphatic heterocycles. The third-order valence-electron chi connectivity index (χ3n) is 4.66. The lowest BCUT2D eigenvalue weighted by molar-refractivity contribution is -0.133. The Balaban J connectivity index is 0.00000544. The second-order valence-electron chi connectivity index (χ2n) is 7.44. The van der Waals surface area contributed by atoms with Gasteiger partial charge in [0, 0.05) is 25.3 Å². The average Bonchev–Trinajstić information content (AvgIpc) is 2.75. The van der Waals surface area contributed by atoms with Gasteiger partial charge in [-0.3, -0.25) is 10.2 Å². The predicted molar refractivity (Wildman–Crippen MR) is 133 cm³/mol. The Labute approximate surface area is 211 Å². The number of ether oxygens (including phenoxy) is 2. The van der Waals surface area contributed by atoms with Gasteiger partial charge in [0.2, 0.25) is 0 Å². The van der Waals surface area contributed by atoms with Crippen molar-refractivity contribution in [2.45, 2.75) is 26.0 Å². The van der Waals surface area contributed by atoms with Gasteiger partial charge in [0.05, 0.1) is 12.2 Å². The van der Waals surface area contributed by atoms with Crippen LogP contribution < -0.4 is 15.8 Å². The summed E-state index contributed by atoms with van der Waals surface area (Å²) in [5.74, 6) is -2.70. The number of carbonyl (C=O) groups excluding carboxylic acids is 1. The van der Waals surface area contributed by atoms with Crippen LogP contribution in [-0.4, -0.2) is 50.5 Å². The second kappa shape index (κ2) is 15.4. The number of rotatable bonds is 12. The van der Waals surface area contributed by atoms with Crippen LogP contribution in [0.4, 0.5) is 8.78 Å². The first-order valence-electron chi connectivity index (χ1n) is 10.3. The Morgan fingerprint density at radius 3 is 2.35 bits per heavy atom. The quantitative estimate of drug-likeness (QED) is 0.224. The summed E-state index contributed by atoms with van der Waals surface area (Å²) in [5.41, 5.74) is 6.23. The van der Waals surface area contributed by atoms with E-state index in [2.05, 4.69) is 5.32 Å². The number of benzene rings is 2. The number of amides is 1. The third kappa shape index (κ3) is 9.06. The molecular weight excluding hydrogens is 489 g/mol. The zero-order chi connectivity index (χ0) is 23.7. The highest BCUT2D eigenvalue weighted by Gasteiger charge is 2.29. The molecule has 34 heavy (non-hydrogen) atoms. The maximum Gasteiger partial charge on any atom is 0.254 e. The molecule has 0 fully saturated rings. The fraction of sp³-hybridized carbons (Fsp3) is 0.391. The molecule has 0 heterocycles. The second-order valence-corrected chi connectivity index (χ2v) is 7.44. The van der Waals surface area contributed by atoms with Crippen LogP contribution >= 0.6 is 24.8 Å². The normalized spacial score (nSPS) is 11.2. The van der Waals surface area contributed by atoms with Gasteiger partial charge in [-0.1, -0.05) is 24.3 Å². The molecule has 0 unspecified atom stereocenters. The van der Waals surface area contributed by atoms with Crippen LogP contribution in [0, 0.1) is 17.0 Å². The van der Waals surface area contributed by atoms with Crippen molar-refractivity contribution >= 4 is 36.6 Å². The van der Waals surface area contributed by atoms with Gasteiger partial charge in [0.25, 0.3) is 5.91 Å². The zero-order valence-corrected chi connectivity index (χ0v) is 21.0. The van der Waals surface area contributed by atoms with Crippen molar-refractivity contribution < 1.29 is 23.0 Å². The Morgan fingerprint density at radius 2 is 1.79 bits per heavy atom. The Bertz CT molecular complexity index is 931. The molecule has 1 atom stereocenters. The van der Waals surface area contributed by atoms with E-state index in [-0.39, 0.29) is 56.2 Å². The lowest BCUT2D eigenvalue weighted by Crippen LogP contribution is -2.32. The summed E-state index contributed by atoms with van der Waals surface area (Å²) in [6.45, 7) is 2.84. The van der Waals surface area contributed by atoms with Crippen molar-refractivity contribution in [1.82, 2.24) is 10.2 Å². The molecule has 2 aromatic rings. The van der Waals surface area contributed by atoms with E-state index in [4.69, 9.17) is 20.6 Å². The molecule has 0 saturated heterocycles. The summed E-state index contributed by atoms with van der Waals surface area (Å²) in [6, 6.07) is 8.99. The summed E-state index contributed by atoms with van der Waals surface area (Å²) in [4.78, 5) is 14.7. The summed E-state index contributed by atoms with van der Waals surface area (Å²) < 4.78 is 40.5. The van der Waals surface area contributed by atoms with Gasteiger partial charge in [-0.05, 0) is 45.1 Å². The lowest BCUT2D eigenvalue weighted by atomic mass is 10.1. The zero-order valence-electron chi connectivity index (χ0n) is 19.4. The number of nitrogens with zero attached hydrogens (tertiary/aromatic N) is 1. The molecule has 0 saturated carbocycles. The summed E-state index contributed by atoms with van der Waals surface area (Å²) in [5, 5.41) is 10.1. The van der Waals surface area contributed by atoms with Crippen molar-refractivity contribution in [3.63, 3.8) is 0 Å². The molecule has 0 radical (unpaired) electrons. The molecule has 4 N–H and O–H groups in total. The van der Waals surface area contributed by atoms with Gasteiger partial charge in [0.15, 0.2) is 17.7 Å². The Kier molecular flexibility index (Phi) is 14.3. The smallest absolute Gasteiger partial charge is 0.254 e. The van der Waals surface area contributed by atoms with Crippen LogP contribution in [0.25, 0.3) is 0 Å². The molecule has 190 valence electrons. The van der Waals surface area contributed by atoms with Gasteiger partial charge in [0.1, 0.15) is 11.7 Å². The number of amidine groups is 1. The molecule has 2 aromatic carbocycles. The molecule has 11 heteroatoms. The van der Waals surface area contributed by atoms with Crippen LogP contribution in [0.1, 0.15) is 36.1 Å². The molecule has 0 bridgehead atoms. The fourth-order valence-electron chi connectivity index (χ4n) is 3.00. The Hall–Kier alpha value is -2.46. The number of hydrogen-bond acceptors (Lipinski definition) is 5. The van der Waals surface area contributed by atoms with Crippen LogP contribution in [-0.2, 0) is 16.1 Å². The Morgan fingerprint density at radius 1 is 1.15 bits per heavy atom. The first kappa shape index (κ1) is 31.5. The third-order valence-corrected chi connectivity index (χ3v) is 4.66. The van der Waals surface area contributed by atoms with E-state index in [0.29, 0.717) is 12.0 Å². The van der Waals surface area contributed by atoms with Crippen molar-refractivity contribution in [2.75, 3.05) is 33.9 Å². The van der Waals surface area contributed by atoms with E-state index < -0.39 is 29.2 Å². The molecule has 7 nitrogen and oxygen atoms in total. The minimum Gasteiger partial charge on any atom is -0.490 e. The largest absolute Gasteiger partial charge is 0.490 e. The topological polar surface area (TPSA) is 101 Å². The summed E-state index contributed by atoms with van der Waals surface area (Å²) in [7, 11) is 3.83. The minimum absolute atomic E-state index is 0. The van der Waals surface area contributed by atoms with E-state index in [1.165, 1.54) is 6.07 Å². The van der Waals surface area contributed by atoms with E-state index in [1.807, 2.05) is 19.0 Å². The average molecular weight is 521 g/mol. The van der Waals surface area contributed by atoms with Crippen molar-refractivity contribution in [3.05, 3.63) is 64.7 Å². The summed E-state index contributed by atoms with van der Waals surface area (Å²) in [6.07, 6.45) is -0.807. The molecule has 0 spiro atoms. The number of nitrogens with two attached hydrogens (primary N) is 1. The van der Waals surface area contributed by atoms with Crippen LogP contribution in [0.5, 0.6) is 5.75 Å². The fourth-order valence-corrected chi connectivity index (χ4v) is 3.00. The van der Waals surface area contributed by atoms with Gasteiger partial charge in [-0.25, -0.2) is 8.78 Å². The van der Waals surface area contributed by atoms with Crippen LogP contribution in [0.2, 0.25) is 0 Å². The monoisotopic (exact) mass is 520 g/mol. The number of nitrogen functional groups attached to an aromatic ring is 1. The van der Waals surface area contributed by atoms with Crippen molar-refractivity contribution in [2.24, 2.45) is 5.73 Å². The maximum atomic E-state index is 15.1. The lowest BCUT2D eigenvalue weighted by Gasteiger charge is -2.20. The maximum absolute atomic E-state index is 15.1. The first-order chi connectivity index (χ1) is 15.2. The van der Waals surface area contributed by atoms with E-state index in [9.17, 15) is 9.18 Å². The van der Waals surface area contributed by atoms with Gasteiger partial charge >= 0.3 is 0 Å². The van der Waals surface area contributed by atoms with E-state index in [0.717, 1.165) is 18.2 Å². The minimum atomic E-state index is -1.47. The van der Waals surface area contributed by atoms with Gasteiger partial charge in [-0.15, -0.1) is 24.8 Å². The van der Waals surface area contributed by atoms with E-state index in [1.54, 1.807) is 31.2 Å². The number of halogens is 4. The number of carbonyl (C=O) groups is 1. The van der Waals surface area contributed by atoms with Crippen molar-refractivity contribution in [3.8, 4) is 5.75 Å². The number of hydrogen-bond donors (Lipinski definition) is 3. The van der Waals surface area contributed by atoms with Crippen LogP contribution in [0.15, 0.2) is 36.4 Å². The highest BCUT2D eigenvalue weighted by atomic mass is 35.5. The molecule has 0 aromatic heterocycles.